The van der Waals surface area contributed by atoms with E-state index in [1.54, 1.807) is 37.3 Å². The predicted octanol–water partition coefficient (Wildman–Crippen LogP) is 5.37. The van der Waals surface area contributed by atoms with E-state index < -0.39 is 16.9 Å². The minimum Gasteiger partial charge on any atom is -0.417 e. The van der Waals surface area contributed by atoms with Crippen molar-refractivity contribution in [2.45, 2.75) is 25.7 Å². The van der Waals surface area contributed by atoms with Gasteiger partial charge in [-0.3, -0.25) is 4.52 Å². The summed E-state index contributed by atoms with van der Waals surface area (Å²) in [6.07, 6.45) is 0. The zero-order chi connectivity index (χ0) is 19.9. The maximum atomic E-state index is 12.9. The van der Waals surface area contributed by atoms with Crippen LogP contribution >= 0.6 is 18.2 Å². The van der Waals surface area contributed by atoms with Crippen molar-refractivity contribution >= 4 is 28.3 Å². The van der Waals surface area contributed by atoms with E-state index in [1.165, 1.54) is 24.3 Å². The van der Waals surface area contributed by atoms with Gasteiger partial charge in [0.25, 0.3) is 0 Å². The lowest BCUT2D eigenvalue weighted by atomic mass is 10.3. The summed E-state index contributed by atoms with van der Waals surface area (Å²) in [5.74, 6) is 1.20. The Morgan fingerprint density at radius 2 is 1.70 bits per heavy atom. The maximum absolute atomic E-state index is 12.9. The normalized spacial score (nSPS) is 13.9. The summed E-state index contributed by atoms with van der Waals surface area (Å²) in [6, 6.07) is 13.8. The molecule has 6 nitrogen and oxygen atoms in total. The zero-order valence-corrected chi connectivity index (χ0v) is 17.9. The molecule has 2 aromatic rings. The van der Waals surface area contributed by atoms with Gasteiger partial charge in [0.05, 0.1) is 6.61 Å². The summed E-state index contributed by atoms with van der Waals surface area (Å²) >= 11 is 1.12. The third-order valence-electron chi connectivity index (χ3n) is 3.11. The zero-order valence-electron chi connectivity index (χ0n) is 15.4. The molecule has 1 atom stereocenters. The first-order chi connectivity index (χ1) is 12.7. The van der Waals surface area contributed by atoms with Crippen LogP contribution in [-0.2, 0) is 19.2 Å². The number of hydrogen-bond donors (Lipinski definition) is 0. The smallest absolute Gasteiger partial charge is 0.417 e. The molecule has 0 aliphatic rings. The first-order valence-electron chi connectivity index (χ1n) is 8.42. The molecule has 2 rings (SSSR count). The molecule has 0 spiro atoms. The van der Waals surface area contributed by atoms with Crippen molar-refractivity contribution < 1.29 is 26.2 Å². The Kier molecular flexibility index (Phi) is 7.79. The summed E-state index contributed by atoms with van der Waals surface area (Å²) in [7, 11) is -3.97. The molecule has 9 heteroatoms. The number of rotatable bonds is 10. The van der Waals surface area contributed by atoms with Crippen molar-refractivity contribution in [1.82, 2.24) is 0 Å². The van der Waals surface area contributed by atoms with E-state index in [4.69, 9.17) is 13.2 Å². The van der Waals surface area contributed by atoms with Crippen molar-refractivity contribution in [3.8, 4) is 11.5 Å². The van der Waals surface area contributed by atoms with Gasteiger partial charge >= 0.3 is 16.9 Å². The van der Waals surface area contributed by atoms with Crippen molar-refractivity contribution in [2.75, 3.05) is 12.4 Å². The highest BCUT2D eigenvalue weighted by atomic mass is 32.7. The minimum absolute atomic E-state index is 0.0452. The fourth-order valence-electron chi connectivity index (χ4n) is 1.96. The van der Waals surface area contributed by atoms with Crippen LogP contribution < -0.4 is 8.71 Å². The molecule has 0 saturated heterocycles. The molecule has 0 aromatic heterocycles. The van der Waals surface area contributed by atoms with Crippen LogP contribution in [0.4, 0.5) is 0 Å². The molecule has 0 fully saturated rings. The van der Waals surface area contributed by atoms with Crippen LogP contribution in [0.15, 0.2) is 59.5 Å². The number of hydrogen-bond acceptors (Lipinski definition) is 7. The van der Waals surface area contributed by atoms with E-state index in [1.807, 2.05) is 13.8 Å². The van der Waals surface area contributed by atoms with Crippen LogP contribution in [-0.4, -0.2) is 20.8 Å². The van der Waals surface area contributed by atoms with E-state index in [-0.39, 0.29) is 23.0 Å². The van der Waals surface area contributed by atoms with Gasteiger partial charge in [0.15, 0.2) is 0 Å². The summed E-state index contributed by atoms with van der Waals surface area (Å²) in [5, 5.41) is 0. The van der Waals surface area contributed by atoms with E-state index in [9.17, 15) is 13.0 Å². The second-order valence-corrected chi connectivity index (χ2v) is 11.6. The molecular formula is C18H23O6PS2. The van der Waals surface area contributed by atoms with Gasteiger partial charge in [0.2, 0.25) is 0 Å². The van der Waals surface area contributed by atoms with E-state index in [0.29, 0.717) is 11.7 Å². The van der Waals surface area contributed by atoms with E-state index in [0.717, 1.165) is 11.4 Å². The SMILES string of the molecule is CCOP(=O)(Oc1cccc(OS(=O)(=O)c2ccccc2)c1)SCC(C)C. The molecule has 1 unspecified atom stereocenters. The third-order valence-corrected chi connectivity index (χ3v) is 8.45. The first kappa shape index (κ1) is 21.8. The van der Waals surface area contributed by atoms with Gasteiger partial charge in [-0.1, -0.05) is 38.1 Å². The van der Waals surface area contributed by atoms with Crippen LogP contribution in [0, 0.1) is 5.92 Å². The second kappa shape index (κ2) is 9.64. The van der Waals surface area contributed by atoms with Crippen molar-refractivity contribution in [1.29, 1.82) is 0 Å². The van der Waals surface area contributed by atoms with Gasteiger partial charge in [0.1, 0.15) is 16.4 Å². The molecule has 0 N–H and O–H groups in total. The molecule has 0 aliphatic heterocycles. The Labute approximate surface area is 164 Å². The van der Waals surface area contributed by atoms with Crippen molar-refractivity contribution in [3.05, 3.63) is 54.6 Å². The van der Waals surface area contributed by atoms with Gasteiger partial charge < -0.3 is 8.71 Å². The van der Waals surface area contributed by atoms with Crippen molar-refractivity contribution in [3.63, 3.8) is 0 Å². The van der Waals surface area contributed by atoms with Crippen LogP contribution in [0.25, 0.3) is 0 Å². The van der Waals surface area contributed by atoms with Gasteiger partial charge in [-0.05, 0) is 48.5 Å². The predicted molar refractivity (Wildman–Crippen MR) is 108 cm³/mol. The summed E-state index contributed by atoms with van der Waals surface area (Å²) in [5.41, 5.74) is 0. The fourth-order valence-corrected chi connectivity index (χ4v) is 6.65. The Morgan fingerprint density at radius 3 is 2.33 bits per heavy atom. The average molecular weight is 430 g/mol. The van der Waals surface area contributed by atoms with E-state index >= 15 is 0 Å². The lowest BCUT2D eigenvalue weighted by Crippen LogP contribution is -2.09. The van der Waals surface area contributed by atoms with Crippen LogP contribution in [0.3, 0.4) is 0 Å². The van der Waals surface area contributed by atoms with E-state index in [2.05, 4.69) is 0 Å². The van der Waals surface area contributed by atoms with Gasteiger partial charge in [-0.2, -0.15) is 8.42 Å². The highest BCUT2D eigenvalue weighted by molar-refractivity contribution is 8.55. The monoisotopic (exact) mass is 430 g/mol. The van der Waals surface area contributed by atoms with Gasteiger partial charge in [-0.15, -0.1) is 0 Å². The van der Waals surface area contributed by atoms with Crippen molar-refractivity contribution in [2.24, 2.45) is 5.92 Å². The molecule has 0 aliphatic carbocycles. The third kappa shape index (κ3) is 6.88. The van der Waals surface area contributed by atoms with Crippen LogP contribution in [0.2, 0.25) is 0 Å². The molecular weight excluding hydrogens is 407 g/mol. The molecule has 0 amide bonds. The van der Waals surface area contributed by atoms with Crippen LogP contribution in [0.1, 0.15) is 20.8 Å². The summed E-state index contributed by atoms with van der Waals surface area (Å²) in [4.78, 5) is 0.0452. The largest absolute Gasteiger partial charge is 0.440 e. The first-order valence-corrected chi connectivity index (χ1v) is 13.0. The maximum Gasteiger partial charge on any atom is 0.440 e. The highest BCUT2D eigenvalue weighted by Gasteiger charge is 2.27. The van der Waals surface area contributed by atoms with Gasteiger partial charge in [0, 0.05) is 11.8 Å². The Balaban J connectivity index is 2.17. The molecule has 27 heavy (non-hydrogen) atoms. The lowest BCUT2D eigenvalue weighted by Gasteiger charge is -2.19. The summed E-state index contributed by atoms with van der Waals surface area (Å²) < 4.78 is 53.6. The van der Waals surface area contributed by atoms with Gasteiger partial charge in [-0.25, -0.2) is 4.57 Å². The molecule has 0 saturated carbocycles. The quantitative estimate of drug-likeness (QED) is 0.370. The molecule has 0 radical (unpaired) electrons. The Morgan fingerprint density at radius 1 is 1.04 bits per heavy atom. The topological polar surface area (TPSA) is 78.9 Å². The second-order valence-electron chi connectivity index (χ2n) is 5.97. The minimum atomic E-state index is -3.97. The Bertz CT molecular complexity index is 884. The fraction of sp³-hybridized carbons (Fsp3) is 0.333. The molecule has 0 bridgehead atoms. The average Bonchev–Trinajstić information content (AvgIpc) is 2.61. The standard InChI is InChI=1S/C18H23O6PS2/c1-4-22-25(19,26-14-15(2)3)23-16-9-8-10-17(13-16)24-27(20,21)18-11-6-5-7-12-18/h5-13,15H,4,14H2,1-3H3. The molecule has 0 heterocycles. The Hall–Kier alpha value is -1.47. The lowest BCUT2D eigenvalue weighted by molar-refractivity contribution is 0.296. The molecule has 148 valence electrons. The van der Waals surface area contributed by atoms with Crippen LogP contribution in [0.5, 0.6) is 11.5 Å². The highest BCUT2D eigenvalue weighted by Crippen LogP contribution is 2.60. The number of benzene rings is 2. The summed E-state index contributed by atoms with van der Waals surface area (Å²) in [6.45, 7) is 2.57. The molecule has 2 aromatic carbocycles.